The molecule has 15 heavy (non-hydrogen) atoms. The molecular formula is C12H18N2O. The van der Waals surface area contributed by atoms with Gasteiger partial charge in [0, 0.05) is 19.4 Å². The number of rotatable bonds is 1. The third-order valence-corrected chi connectivity index (χ3v) is 3.71. The molecule has 3 aliphatic rings. The lowest BCUT2D eigenvalue weighted by Gasteiger charge is -2.41. The van der Waals surface area contributed by atoms with Gasteiger partial charge in [0.25, 0.3) is 0 Å². The second-order valence-electron chi connectivity index (χ2n) is 4.80. The minimum Gasteiger partial charge on any atom is -0.340 e. The summed E-state index contributed by atoms with van der Waals surface area (Å²) in [5.41, 5.74) is -0.391. The van der Waals surface area contributed by atoms with Crippen LogP contribution in [0.3, 0.4) is 0 Å². The molecule has 1 amide bonds. The van der Waals surface area contributed by atoms with E-state index in [0.29, 0.717) is 11.8 Å². The van der Waals surface area contributed by atoms with Crippen molar-refractivity contribution in [2.45, 2.75) is 31.7 Å². The van der Waals surface area contributed by atoms with Gasteiger partial charge in [0.15, 0.2) is 0 Å². The van der Waals surface area contributed by atoms with Gasteiger partial charge in [-0.25, -0.2) is 0 Å². The summed E-state index contributed by atoms with van der Waals surface area (Å²) in [4.78, 5) is 11.2. The van der Waals surface area contributed by atoms with Crippen molar-refractivity contribution in [2.24, 2.45) is 11.8 Å². The summed E-state index contributed by atoms with van der Waals surface area (Å²) >= 11 is 0. The Bertz CT molecular complexity index is 303. The molecule has 0 aromatic rings. The molecule has 0 radical (unpaired) electrons. The summed E-state index contributed by atoms with van der Waals surface area (Å²) in [6.45, 7) is 3.52. The van der Waals surface area contributed by atoms with Gasteiger partial charge in [-0.2, -0.15) is 0 Å². The minimum atomic E-state index is -0.391. The van der Waals surface area contributed by atoms with Crippen molar-refractivity contribution in [1.29, 1.82) is 0 Å². The second kappa shape index (κ2) is 3.86. The average Bonchev–Trinajstić information content (AvgIpc) is 2.50. The quantitative estimate of drug-likeness (QED) is 0.614. The average molecular weight is 206 g/mol. The van der Waals surface area contributed by atoms with Crippen LogP contribution in [0, 0.1) is 24.2 Å². The summed E-state index contributed by atoms with van der Waals surface area (Å²) < 4.78 is 0. The molecule has 0 aromatic heterocycles. The van der Waals surface area contributed by atoms with Gasteiger partial charge in [-0.1, -0.05) is 5.92 Å². The zero-order valence-electron chi connectivity index (χ0n) is 9.18. The minimum absolute atomic E-state index is 0.0134. The molecule has 2 heterocycles. The van der Waals surface area contributed by atoms with Crippen LogP contribution in [0.1, 0.15) is 26.2 Å². The van der Waals surface area contributed by atoms with Crippen LogP contribution in [0.4, 0.5) is 0 Å². The number of amides is 1. The van der Waals surface area contributed by atoms with Gasteiger partial charge in [0.05, 0.1) is 0 Å². The topological polar surface area (TPSA) is 41.1 Å². The summed E-state index contributed by atoms with van der Waals surface area (Å²) in [7, 11) is 0. The van der Waals surface area contributed by atoms with Gasteiger partial charge in [0.2, 0.25) is 5.91 Å². The van der Waals surface area contributed by atoms with Crippen molar-refractivity contribution in [1.82, 2.24) is 10.6 Å². The van der Waals surface area contributed by atoms with Crippen LogP contribution < -0.4 is 10.6 Å². The highest BCUT2D eigenvalue weighted by atomic mass is 16.1. The van der Waals surface area contributed by atoms with E-state index in [1.807, 2.05) is 0 Å². The molecule has 0 unspecified atom stereocenters. The monoisotopic (exact) mass is 206 g/mol. The van der Waals surface area contributed by atoms with Crippen LogP contribution in [0.25, 0.3) is 0 Å². The summed E-state index contributed by atoms with van der Waals surface area (Å²) in [6.07, 6.45) is 8.95. The number of carbonyl (C=O) groups excluding carboxylic acids is 1. The molecule has 2 N–H and O–H groups in total. The van der Waals surface area contributed by atoms with Gasteiger partial charge >= 0.3 is 0 Å². The molecule has 82 valence electrons. The van der Waals surface area contributed by atoms with Crippen molar-refractivity contribution in [3.63, 3.8) is 0 Å². The van der Waals surface area contributed by atoms with E-state index in [9.17, 15) is 4.79 Å². The zero-order chi connectivity index (χ0) is 10.9. The normalized spacial score (nSPS) is 39.2. The maximum atomic E-state index is 11.2. The Morgan fingerprint density at radius 2 is 2.33 bits per heavy atom. The molecule has 0 spiro atoms. The molecule has 3 atom stereocenters. The molecule has 1 saturated carbocycles. The maximum Gasteiger partial charge on any atom is 0.218 e. The molecule has 2 saturated heterocycles. The van der Waals surface area contributed by atoms with E-state index in [-0.39, 0.29) is 5.91 Å². The van der Waals surface area contributed by atoms with Crippen LogP contribution in [0.15, 0.2) is 0 Å². The van der Waals surface area contributed by atoms with E-state index in [1.165, 1.54) is 6.42 Å². The molecule has 3 rings (SSSR count). The smallest absolute Gasteiger partial charge is 0.218 e. The lowest BCUT2D eigenvalue weighted by molar-refractivity contribution is -0.121. The van der Waals surface area contributed by atoms with Crippen LogP contribution in [0.2, 0.25) is 0 Å². The Labute approximate surface area is 91.0 Å². The highest BCUT2D eigenvalue weighted by Crippen LogP contribution is 2.38. The largest absolute Gasteiger partial charge is 0.340 e. The third-order valence-electron chi connectivity index (χ3n) is 3.71. The standard InChI is InChI=1S/C12H18N2O/c1-3-12(14-9(2)15)6-10-4-5-11(12)8-13-7-10/h1,10-11,13H,4-8H2,2H3,(H,14,15)/t10-,11-,12+/m1/s1. The highest BCUT2D eigenvalue weighted by Gasteiger charge is 2.44. The molecule has 2 bridgehead atoms. The lowest BCUT2D eigenvalue weighted by atomic mass is 9.70. The van der Waals surface area contributed by atoms with E-state index in [4.69, 9.17) is 6.42 Å². The van der Waals surface area contributed by atoms with E-state index >= 15 is 0 Å². The molecule has 3 nitrogen and oxygen atoms in total. The first-order valence-corrected chi connectivity index (χ1v) is 5.63. The fourth-order valence-electron chi connectivity index (χ4n) is 3.00. The number of nitrogens with one attached hydrogen (secondary N) is 2. The second-order valence-corrected chi connectivity index (χ2v) is 4.80. The van der Waals surface area contributed by atoms with Crippen molar-refractivity contribution in [2.75, 3.05) is 13.1 Å². The summed E-state index contributed by atoms with van der Waals surface area (Å²) in [6, 6.07) is 0. The highest BCUT2D eigenvalue weighted by molar-refractivity contribution is 5.74. The van der Waals surface area contributed by atoms with Gasteiger partial charge < -0.3 is 10.6 Å². The van der Waals surface area contributed by atoms with Gasteiger partial charge in [-0.15, -0.1) is 6.42 Å². The van der Waals surface area contributed by atoms with Crippen molar-refractivity contribution < 1.29 is 4.79 Å². The molecule has 3 fully saturated rings. The SMILES string of the molecule is C#C[C@]1(NC(C)=O)C[C@H]2CC[C@@H]1CNC2. The fraction of sp³-hybridized carbons (Fsp3) is 0.750. The number of terminal acetylenes is 1. The van der Waals surface area contributed by atoms with Crippen LogP contribution in [0.5, 0.6) is 0 Å². The Balaban J connectivity index is 2.24. The molecule has 2 aliphatic heterocycles. The van der Waals surface area contributed by atoms with Crippen LogP contribution in [-0.4, -0.2) is 24.5 Å². The first kappa shape index (κ1) is 10.5. The zero-order valence-corrected chi connectivity index (χ0v) is 9.18. The van der Waals surface area contributed by atoms with Crippen LogP contribution in [-0.2, 0) is 4.79 Å². The van der Waals surface area contributed by atoms with Crippen molar-refractivity contribution >= 4 is 5.91 Å². The Kier molecular flexibility index (Phi) is 2.70. The summed E-state index contributed by atoms with van der Waals surface area (Å²) in [5, 5.41) is 6.43. The van der Waals surface area contributed by atoms with Gasteiger partial charge in [-0.3, -0.25) is 4.79 Å². The number of hydrogen-bond acceptors (Lipinski definition) is 2. The van der Waals surface area contributed by atoms with E-state index < -0.39 is 5.54 Å². The lowest BCUT2D eigenvalue weighted by Crippen LogP contribution is -2.55. The number of hydrogen-bond donors (Lipinski definition) is 2. The summed E-state index contributed by atoms with van der Waals surface area (Å²) in [5.74, 6) is 3.85. The number of carbonyl (C=O) groups is 1. The predicted molar refractivity (Wildman–Crippen MR) is 59.1 cm³/mol. The maximum absolute atomic E-state index is 11.2. The molecule has 1 aliphatic carbocycles. The Morgan fingerprint density at radius 3 is 3.00 bits per heavy atom. The van der Waals surface area contributed by atoms with Gasteiger partial charge in [-0.05, 0) is 31.7 Å². The third kappa shape index (κ3) is 1.87. The molecular weight excluding hydrogens is 188 g/mol. The fourth-order valence-corrected chi connectivity index (χ4v) is 3.00. The first-order chi connectivity index (χ1) is 7.16. The van der Waals surface area contributed by atoms with E-state index in [0.717, 1.165) is 25.9 Å². The number of fused-ring (bicyclic) bond motifs is 4. The molecule has 0 aromatic carbocycles. The Morgan fingerprint density at radius 1 is 1.53 bits per heavy atom. The van der Waals surface area contributed by atoms with Crippen molar-refractivity contribution in [3.05, 3.63) is 0 Å². The van der Waals surface area contributed by atoms with E-state index in [1.54, 1.807) is 6.92 Å². The molecule has 3 heteroatoms. The van der Waals surface area contributed by atoms with Crippen LogP contribution >= 0.6 is 0 Å². The van der Waals surface area contributed by atoms with Gasteiger partial charge in [0.1, 0.15) is 5.54 Å². The van der Waals surface area contributed by atoms with E-state index in [2.05, 4.69) is 16.6 Å². The first-order valence-electron chi connectivity index (χ1n) is 5.63. The van der Waals surface area contributed by atoms with Crippen molar-refractivity contribution in [3.8, 4) is 12.3 Å². The Hall–Kier alpha value is -1.01. The predicted octanol–water partition coefficient (Wildman–Crippen LogP) is 0.514.